The first-order valence-electron chi connectivity index (χ1n) is 4.89. The molecule has 0 radical (unpaired) electrons. The van der Waals surface area contributed by atoms with Crippen molar-refractivity contribution >= 4 is 11.8 Å². The van der Waals surface area contributed by atoms with Crippen LogP contribution in [0.3, 0.4) is 0 Å². The topological polar surface area (TPSA) is 15.3 Å². The summed E-state index contributed by atoms with van der Waals surface area (Å²) in [4.78, 5) is 2.23. The van der Waals surface area contributed by atoms with E-state index in [0.29, 0.717) is 0 Å². The van der Waals surface area contributed by atoms with E-state index in [-0.39, 0.29) is 5.54 Å². The fourth-order valence-electron chi connectivity index (χ4n) is 0.847. The highest BCUT2D eigenvalue weighted by atomic mass is 32.2. The van der Waals surface area contributed by atoms with Crippen LogP contribution < -0.4 is 5.32 Å². The molecule has 0 saturated heterocycles. The van der Waals surface area contributed by atoms with Crippen LogP contribution in [0.1, 0.15) is 20.8 Å². The summed E-state index contributed by atoms with van der Waals surface area (Å²) in [5, 5.41) is 3.48. The third-order valence-corrected chi connectivity index (χ3v) is 2.55. The molecule has 13 heavy (non-hydrogen) atoms. The zero-order valence-corrected chi connectivity index (χ0v) is 10.5. The van der Waals surface area contributed by atoms with Crippen LogP contribution in [0, 0.1) is 0 Å². The van der Waals surface area contributed by atoms with Crippen LogP contribution in [0.2, 0.25) is 0 Å². The summed E-state index contributed by atoms with van der Waals surface area (Å²) in [5.74, 6) is 2.45. The fraction of sp³-hybridized carbons (Fsp3) is 1.00. The van der Waals surface area contributed by atoms with Gasteiger partial charge in [0.05, 0.1) is 0 Å². The zero-order valence-electron chi connectivity index (χ0n) is 9.68. The number of nitrogens with zero attached hydrogens (tertiary/aromatic N) is 1. The van der Waals surface area contributed by atoms with E-state index in [1.165, 1.54) is 18.1 Å². The molecular formula is C10H24N2S. The lowest BCUT2D eigenvalue weighted by Gasteiger charge is -2.20. The van der Waals surface area contributed by atoms with Gasteiger partial charge in [0.15, 0.2) is 0 Å². The minimum Gasteiger partial charge on any atom is -0.311 e. The number of hydrogen-bond acceptors (Lipinski definition) is 3. The van der Waals surface area contributed by atoms with Crippen molar-refractivity contribution in [1.29, 1.82) is 0 Å². The number of nitrogens with one attached hydrogen (secondary N) is 1. The summed E-state index contributed by atoms with van der Waals surface area (Å²) in [5.41, 5.74) is 0.266. The summed E-state index contributed by atoms with van der Waals surface area (Å²) in [6, 6.07) is 0. The maximum Gasteiger partial charge on any atom is 0.00968 e. The minimum absolute atomic E-state index is 0.266. The first kappa shape index (κ1) is 13.3. The Balaban J connectivity index is 3.09. The quantitative estimate of drug-likeness (QED) is 0.663. The Labute approximate surface area is 87.5 Å². The molecule has 0 atom stereocenters. The van der Waals surface area contributed by atoms with Gasteiger partial charge in [-0.15, -0.1) is 0 Å². The van der Waals surface area contributed by atoms with E-state index in [2.05, 4.69) is 45.1 Å². The van der Waals surface area contributed by atoms with Crippen LogP contribution in [0.5, 0.6) is 0 Å². The third kappa shape index (κ3) is 12.3. The van der Waals surface area contributed by atoms with E-state index in [0.717, 1.165) is 6.54 Å². The van der Waals surface area contributed by atoms with Gasteiger partial charge in [0.25, 0.3) is 0 Å². The van der Waals surface area contributed by atoms with E-state index < -0.39 is 0 Å². The Morgan fingerprint density at radius 3 is 2.23 bits per heavy atom. The van der Waals surface area contributed by atoms with Crippen molar-refractivity contribution in [1.82, 2.24) is 10.2 Å². The molecule has 0 heterocycles. The first-order chi connectivity index (χ1) is 5.92. The SMILES string of the molecule is CN(C)CCSCCNC(C)(C)C. The molecule has 0 fully saturated rings. The van der Waals surface area contributed by atoms with Gasteiger partial charge in [0.1, 0.15) is 0 Å². The molecule has 0 spiro atoms. The van der Waals surface area contributed by atoms with Crippen molar-refractivity contribution in [3.63, 3.8) is 0 Å². The van der Waals surface area contributed by atoms with Crippen molar-refractivity contribution in [2.45, 2.75) is 26.3 Å². The number of hydrogen-bond donors (Lipinski definition) is 1. The Kier molecular flexibility index (Phi) is 6.82. The Hall–Kier alpha value is 0.270. The van der Waals surface area contributed by atoms with Gasteiger partial charge in [0, 0.05) is 30.1 Å². The van der Waals surface area contributed by atoms with Crippen molar-refractivity contribution < 1.29 is 0 Å². The molecule has 2 nitrogen and oxygen atoms in total. The highest BCUT2D eigenvalue weighted by molar-refractivity contribution is 7.99. The van der Waals surface area contributed by atoms with Gasteiger partial charge in [-0.25, -0.2) is 0 Å². The Morgan fingerprint density at radius 1 is 1.15 bits per heavy atom. The average Bonchev–Trinajstić information content (AvgIpc) is 1.93. The van der Waals surface area contributed by atoms with Crippen LogP contribution in [0.25, 0.3) is 0 Å². The predicted octanol–water partition coefficient (Wildman–Crippen LogP) is 1.67. The van der Waals surface area contributed by atoms with Crippen LogP contribution in [-0.2, 0) is 0 Å². The molecule has 0 amide bonds. The molecule has 0 aliphatic rings. The van der Waals surface area contributed by atoms with Gasteiger partial charge >= 0.3 is 0 Å². The van der Waals surface area contributed by atoms with Gasteiger partial charge in [-0.2, -0.15) is 11.8 Å². The molecule has 1 N–H and O–H groups in total. The van der Waals surface area contributed by atoms with Crippen LogP contribution in [0.4, 0.5) is 0 Å². The monoisotopic (exact) mass is 204 g/mol. The molecule has 0 bridgehead atoms. The van der Waals surface area contributed by atoms with Crippen molar-refractivity contribution in [3.8, 4) is 0 Å². The molecule has 3 heteroatoms. The van der Waals surface area contributed by atoms with E-state index in [1.54, 1.807) is 0 Å². The summed E-state index contributed by atoms with van der Waals surface area (Å²) in [6.45, 7) is 8.91. The largest absolute Gasteiger partial charge is 0.311 e. The van der Waals surface area contributed by atoms with Gasteiger partial charge in [-0.05, 0) is 34.9 Å². The van der Waals surface area contributed by atoms with Gasteiger partial charge in [-0.3, -0.25) is 0 Å². The molecule has 0 aliphatic heterocycles. The molecule has 0 aromatic heterocycles. The minimum atomic E-state index is 0.266. The lowest BCUT2D eigenvalue weighted by Crippen LogP contribution is -2.37. The second-order valence-electron chi connectivity index (χ2n) is 4.59. The Bertz CT molecular complexity index is 119. The summed E-state index contributed by atoms with van der Waals surface area (Å²) >= 11 is 2.02. The van der Waals surface area contributed by atoms with Gasteiger partial charge < -0.3 is 10.2 Å². The third-order valence-electron chi connectivity index (χ3n) is 1.58. The standard InChI is InChI=1S/C10H24N2S/c1-10(2,3)11-6-8-13-9-7-12(4)5/h11H,6-9H2,1-5H3. The Morgan fingerprint density at radius 2 is 1.77 bits per heavy atom. The highest BCUT2D eigenvalue weighted by Crippen LogP contribution is 2.01. The summed E-state index contributed by atoms with van der Waals surface area (Å²) in [7, 11) is 4.24. The first-order valence-corrected chi connectivity index (χ1v) is 6.05. The lowest BCUT2D eigenvalue weighted by atomic mass is 10.1. The number of thioether (sulfide) groups is 1. The predicted molar refractivity (Wildman–Crippen MR) is 63.6 cm³/mol. The second-order valence-corrected chi connectivity index (χ2v) is 5.82. The molecule has 0 unspecified atom stereocenters. The number of rotatable bonds is 6. The zero-order chi connectivity index (χ0) is 10.3. The normalized spacial score (nSPS) is 12.5. The molecule has 80 valence electrons. The summed E-state index contributed by atoms with van der Waals surface area (Å²) in [6.07, 6.45) is 0. The maximum absolute atomic E-state index is 3.48. The van der Waals surface area contributed by atoms with E-state index in [4.69, 9.17) is 0 Å². The van der Waals surface area contributed by atoms with E-state index >= 15 is 0 Å². The van der Waals surface area contributed by atoms with Crippen LogP contribution in [0.15, 0.2) is 0 Å². The molecule has 0 aromatic rings. The maximum atomic E-state index is 3.48. The molecule has 0 aliphatic carbocycles. The van der Waals surface area contributed by atoms with Crippen LogP contribution in [-0.4, -0.2) is 49.1 Å². The molecule has 0 aromatic carbocycles. The smallest absolute Gasteiger partial charge is 0.00968 e. The van der Waals surface area contributed by atoms with Gasteiger partial charge in [-0.1, -0.05) is 0 Å². The van der Waals surface area contributed by atoms with Crippen molar-refractivity contribution in [2.24, 2.45) is 0 Å². The average molecular weight is 204 g/mol. The lowest BCUT2D eigenvalue weighted by molar-refractivity contribution is 0.435. The summed E-state index contributed by atoms with van der Waals surface area (Å²) < 4.78 is 0. The van der Waals surface area contributed by atoms with Gasteiger partial charge in [0.2, 0.25) is 0 Å². The molecule has 0 saturated carbocycles. The second kappa shape index (κ2) is 6.68. The highest BCUT2D eigenvalue weighted by Gasteiger charge is 2.06. The molecular weight excluding hydrogens is 180 g/mol. The van der Waals surface area contributed by atoms with E-state index in [1.807, 2.05) is 11.8 Å². The van der Waals surface area contributed by atoms with Crippen molar-refractivity contribution in [2.75, 3.05) is 38.7 Å². The van der Waals surface area contributed by atoms with Crippen molar-refractivity contribution in [3.05, 3.63) is 0 Å². The molecule has 0 rings (SSSR count). The fourth-order valence-corrected chi connectivity index (χ4v) is 1.79. The van der Waals surface area contributed by atoms with E-state index in [9.17, 15) is 0 Å². The van der Waals surface area contributed by atoms with Crippen LogP contribution >= 0.6 is 11.8 Å².